The van der Waals surface area contributed by atoms with Crippen LogP contribution in [0.2, 0.25) is 0 Å². The molecular weight excluding hydrogens is 185 g/mol. The number of ether oxygens (including phenoxy) is 1. The Morgan fingerprint density at radius 3 is 2.93 bits per heavy atom. The van der Waals surface area contributed by atoms with Crippen LogP contribution in [0.25, 0.3) is 0 Å². The van der Waals surface area contributed by atoms with Crippen molar-refractivity contribution < 1.29 is 14.2 Å². The van der Waals surface area contributed by atoms with Crippen LogP contribution in [-0.4, -0.2) is 23.8 Å². The summed E-state index contributed by atoms with van der Waals surface area (Å²) in [6.07, 6.45) is 1.81. The second-order valence-corrected chi connectivity index (χ2v) is 3.05. The van der Waals surface area contributed by atoms with Gasteiger partial charge < -0.3 is 9.84 Å². The molecule has 14 heavy (non-hydrogen) atoms. The molecular formula is C10H14FNO2. The van der Waals surface area contributed by atoms with Crippen molar-refractivity contribution in [2.45, 2.75) is 18.9 Å². The van der Waals surface area contributed by atoms with Crippen LogP contribution < -0.4 is 0 Å². The number of aromatic nitrogens is 1. The number of pyridine rings is 1. The lowest BCUT2D eigenvalue weighted by Gasteiger charge is -2.08. The SMILES string of the molecule is COCCCC(O)c1ccc(F)cn1. The third-order valence-corrected chi connectivity index (χ3v) is 1.92. The number of aliphatic hydroxyl groups is 1. The molecule has 1 aromatic heterocycles. The monoisotopic (exact) mass is 199 g/mol. The van der Waals surface area contributed by atoms with Crippen LogP contribution in [0, 0.1) is 5.82 Å². The van der Waals surface area contributed by atoms with Crippen molar-refractivity contribution in [3.8, 4) is 0 Å². The largest absolute Gasteiger partial charge is 0.387 e. The van der Waals surface area contributed by atoms with Gasteiger partial charge in [-0.15, -0.1) is 0 Å². The zero-order valence-electron chi connectivity index (χ0n) is 8.11. The molecule has 0 fully saturated rings. The fourth-order valence-electron chi connectivity index (χ4n) is 1.15. The average molecular weight is 199 g/mol. The van der Waals surface area contributed by atoms with Gasteiger partial charge in [0.1, 0.15) is 5.82 Å². The lowest BCUT2D eigenvalue weighted by molar-refractivity contribution is 0.133. The Balaban J connectivity index is 2.43. The number of methoxy groups -OCH3 is 1. The summed E-state index contributed by atoms with van der Waals surface area (Å²) in [5, 5.41) is 9.60. The fourth-order valence-corrected chi connectivity index (χ4v) is 1.15. The Hall–Kier alpha value is -1.00. The van der Waals surface area contributed by atoms with E-state index in [1.54, 1.807) is 7.11 Å². The number of halogens is 1. The van der Waals surface area contributed by atoms with Gasteiger partial charge in [-0.1, -0.05) is 0 Å². The molecule has 0 spiro atoms. The van der Waals surface area contributed by atoms with E-state index in [4.69, 9.17) is 4.74 Å². The minimum absolute atomic E-state index is 0.391. The van der Waals surface area contributed by atoms with Crippen LogP contribution in [0.15, 0.2) is 18.3 Å². The van der Waals surface area contributed by atoms with Gasteiger partial charge in [-0.05, 0) is 25.0 Å². The van der Waals surface area contributed by atoms with Crippen molar-refractivity contribution in [3.63, 3.8) is 0 Å². The first kappa shape index (κ1) is 11.1. The van der Waals surface area contributed by atoms with Gasteiger partial charge in [-0.2, -0.15) is 0 Å². The second kappa shape index (κ2) is 5.67. The van der Waals surface area contributed by atoms with Gasteiger partial charge in [0.05, 0.1) is 18.0 Å². The van der Waals surface area contributed by atoms with Crippen molar-refractivity contribution in [2.75, 3.05) is 13.7 Å². The van der Waals surface area contributed by atoms with E-state index in [1.165, 1.54) is 12.1 Å². The summed E-state index contributed by atoms with van der Waals surface area (Å²) in [5.74, 6) is -0.391. The first-order valence-corrected chi connectivity index (χ1v) is 4.52. The van der Waals surface area contributed by atoms with E-state index < -0.39 is 11.9 Å². The fraction of sp³-hybridized carbons (Fsp3) is 0.500. The highest BCUT2D eigenvalue weighted by Crippen LogP contribution is 2.15. The molecule has 0 saturated heterocycles. The molecule has 0 saturated carbocycles. The Morgan fingerprint density at radius 2 is 2.36 bits per heavy atom. The van der Waals surface area contributed by atoms with Gasteiger partial charge in [-0.3, -0.25) is 4.98 Å². The molecule has 0 amide bonds. The molecule has 1 heterocycles. The lowest BCUT2D eigenvalue weighted by Crippen LogP contribution is -2.02. The van der Waals surface area contributed by atoms with Crippen molar-refractivity contribution in [3.05, 3.63) is 29.8 Å². The van der Waals surface area contributed by atoms with E-state index in [1.807, 2.05) is 0 Å². The minimum atomic E-state index is -0.634. The molecule has 3 nitrogen and oxygen atoms in total. The molecule has 4 heteroatoms. The van der Waals surface area contributed by atoms with E-state index in [0.29, 0.717) is 18.7 Å². The summed E-state index contributed by atoms with van der Waals surface area (Å²) in [7, 11) is 1.61. The number of rotatable bonds is 5. The maximum absolute atomic E-state index is 12.5. The third-order valence-electron chi connectivity index (χ3n) is 1.92. The van der Waals surface area contributed by atoms with E-state index in [0.717, 1.165) is 12.6 Å². The van der Waals surface area contributed by atoms with Crippen molar-refractivity contribution >= 4 is 0 Å². The highest BCUT2D eigenvalue weighted by Gasteiger charge is 2.08. The zero-order valence-corrected chi connectivity index (χ0v) is 8.11. The van der Waals surface area contributed by atoms with Gasteiger partial charge in [0.25, 0.3) is 0 Å². The van der Waals surface area contributed by atoms with Crippen molar-refractivity contribution in [2.24, 2.45) is 0 Å². The van der Waals surface area contributed by atoms with Crippen LogP contribution in [0.4, 0.5) is 4.39 Å². The molecule has 1 unspecified atom stereocenters. The van der Waals surface area contributed by atoms with E-state index in [-0.39, 0.29) is 0 Å². The quantitative estimate of drug-likeness (QED) is 0.733. The molecule has 0 aromatic carbocycles. The molecule has 0 radical (unpaired) electrons. The van der Waals surface area contributed by atoms with Gasteiger partial charge in [0, 0.05) is 13.7 Å². The summed E-state index contributed by atoms with van der Waals surface area (Å²) >= 11 is 0. The third kappa shape index (κ3) is 3.40. The molecule has 0 bridgehead atoms. The lowest BCUT2D eigenvalue weighted by atomic mass is 10.1. The maximum Gasteiger partial charge on any atom is 0.141 e. The van der Waals surface area contributed by atoms with Crippen LogP contribution in [-0.2, 0) is 4.74 Å². The number of aliphatic hydroxyl groups excluding tert-OH is 1. The average Bonchev–Trinajstić information content (AvgIpc) is 2.19. The molecule has 1 atom stereocenters. The normalized spacial score (nSPS) is 12.8. The summed E-state index contributed by atoms with van der Waals surface area (Å²) in [6, 6.07) is 2.79. The Labute approximate surface area is 82.5 Å². The molecule has 0 aliphatic carbocycles. The molecule has 1 N–H and O–H groups in total. The van der Waals surface area contributed by atoms with Gasteiger partial charge in [0.15, 0.2) is 0 Å². The molecule has 78 valence electrons. The summed E-state index contributed by atoms with van der Waals surface area (Å²) in [6.45, 7) is 0.609. The highest BCUT2D eigenvalue weighted by molar-refractivity contribution is 5.07. The van der Waals surface area contributed by atoms with Gasteiger partial charge in [-0.25, -0.2) is 4.39 Å². The smallest absolute Gasteiger partial charge is 0.141 e. The van der Waals surface area contributed by atoms with Crippen LogP contribution in [0.1, 0.15) is 24.6 Å². The zero-order chi connectivity index (χ0) is 10.4. The van der Waals surface area contributed by atoms with Gasteiger partial charge in [0.2, 0.25) is 0 Å². The Morgan fingerprint density at radius 1 is 1.57 bits per heavy atom. The van der Waals surface area contributed by atoms with Crippen LogP contribution in [0.5, 0.6) is 0 Å². The number of nitrogens with zero attached hydrogens (tertiary/aromatic N) is 1. The summed E-state index contributed by atoms with van der Waals surface area (Å²) < 4.78 is 17.3. The van der Waals surface area contributed by atoms with E-state index >= 15 is 0 Å². The minimum Gasteiger partial charge on any atom is -0.387 e. The summed E-state index contributed by atoms with van der Waals surface area (Å²) in [5.41, 5.74) is 0.502. The topological polar surface area (TPSA) is 42.4 Å². The summed E-state index contributed by atoms with van der Waals surface area (Å²) in [4.78, 5) is 3.79. The molecule has 1 rings (SSSR count). The van der Waals surface area contributed by atoms with Crippen LogP contribution >= 0.6 is 0 Å². The highest BCUT2D eigenvalue weighted by atomic mass is 19.1. The van der Waals surface area contributed by atoms with Crippen LogP contribution in [0.3, 0.4) is 0 Å². The second-order valence-electron chi connectivity index (χ2n) is 3.05. The van der Waals surface area contributed by atoms with Crippen molar-refractivity contribution in [1.29, 1.82) is 0 Å². The first-order valence-electron chi connectivity index (χ1n) is 4.52. The first-order chi connectivity index (χ1) is 6.74. The number of hydrogen-bond donors (Lipinski definition) is 1. The predicted octanol–water partition coefficient (Wildman–Crippen LogP) is 1.68. The molecule has 1 aromatic rings. The van der Waals surface area contributed by atoms with Gasteiger partial charge >= 0.3 is 0 Å². The Kier molecular flexibility index (Phi) is 4.49. The van der Waals surface area contributed by atoms with Crippen molar-refractivity contribution in [1.82, 2.24) is 4.98 Å². The maximum atomic E-state index is 12.5. The number of hydrogen-bond acceptors (Lipinski definition) is 3. The molecule has 0 aliphatic heterocycles. The molecule has 0 aliphatic rings. The van der Waals surface area contributed by atoms with E-state index in [9.17, 15) is 9.50 Å². The van der Waals surface area contributed by atoms with E-state index in [2.05, 4.69) is 4.98 Å². The predicted molar refractivity (Wildman–Crippen MR) is 50.3 cm³/mol. The Bertz CT molecular complexity index is 263. The standard InChI is InChI=1S/C10H14FNO2/c1-14-6-2-3-10(13)9-5-4-8(11)7-12-9/h4-5,7,10,13H,2-3,6H2,1H3.